The fraction of sp³-hybridized carbons (Fsp3) is 0.467. The summed E-state index contributed by atoms with van der Waals surface area (Å²) in [5, 5.41) is 9.65. The van der Waals surface area contributed by atoms with Gasteiger partial charge in [-0.1, -0.05) is 36.6 Å². The molecule has 0 saturated heterocycles. The molecule has 2 rings (SSSR count). The first-order valence-electron chi connectivity index (χ1n) is 6.60. The SMILES string of the molecule is O=C(CC1CCCCC1C(=O)O)c1ccccc1Cl. The maximum absolute atomic E-state index is 12.2. The number of aliphatic carboxylic acids is 1. The van der Waals surface area contributed by atoms with Crippen LogP contribution in [0.5, 0.6) is 0 Å². The summed E-state index contributed by atoms with van der Waals surface area (Å²) in [6, 6.07) is 6.93. The summed E-state index contributed by atoms with van der Waals surface area (Å²) in [5.74, 6) is -1.28. The van der Waals surface area contributed by atoms with Crippen molar-refractivity contribution < 1.29 is 14.7 Å². The molecule has 2 unspecified atom stereocenters. The van der Waals surface area contributed by atoms with Crippen LogP contribution in [-0.4, -0.2) is 16.9 Å². The van der Waals surface area contributed by atoms with Crippen molar-refractivity contribution in [3.63, 3.8) is 0 Å². The lowest BCUT2D eigenvalue weighted by Gasteiger charge is -2.28. The van der Waals surface area contributed by atoms with E-state index in [1.54, 1.807) is 24.3 Å². The van der Waals surface area contributed by atoms with E-state index in [4.69, 9.17) is 11.6 Å². The molecule has 1 aromatic carbocycles. The van der Waals surface area contributed by atoms with Crippen LogP contribution >= 0.6 is 11.6 Å². The number of carbonyl (C=O) groups excluding carboxylic acids is 1. The van der Waals surface area contributed by atoms with Gasteiger partial charge >= 0.3 is 5.97 Å². The lowest BCUT2D eigenvalue weighted by molar-refractivity contribution is -0.144. The van der Waals surface area contributed by atoms with Gasteiger partial charge in [0, 0.05) is 12.0 Å². The summed E-state index contributed by atoms with van der Waals surface area (Å²) in [7, 11) is 0. The predicted octanol–water partition coefficient (Wildman–Crippen LogP) is 3.80. The summed E-state index contributed by atoms with van der Waals surface area (Å²) in [4.78, 5) is 23.4. The first-order valence-corrected chi connectivity index (χ1v) is 6.98. The molecule has 2 atom stereocenters. The first kappa shape index (κ1) is 14.1. The van der Waals surface area contributed by atoms with Crippen molar-refractivity contribution >= 4 is 23.4 Å². The largest absolute Gasteiger partial charge is 0.481 e. The molecule has 1 N–H and O–H groups in total. The van der Waals surface area contributed by atoms with Gasteiger partial charge in [-0.05, 0) is 30.9 Å². The van der Waals surface area contributed by atoms with Gasteiger partial charge in [0.15, 0.2) is 5.78 Å². The molecule has 19 heavy (non-hydrogen) atoms. The number of carboxylic acid groups (broad SMARTS) is 1. The van der Waals surface area contributed by atoms with E-state index in [-0.39, 0.29) is 24.0 Å². The summed E-state index contributed by atoms with van der Waals surface area (Å²) in [6.07, 6.45) is 3.71. The fourth-order valence-corrected chi connectivity index (χ4v) is 3.05. The number of ketones is 1. The zero-order chi connectivity index (χ0) is 13.8. The summed E-state index contributed by atoms with van der Waals surface area (Å²) in [5.41, 5.74) is 0.499. The Kier molecular flexibility index (Phi) is 4.59. The van der Waals surface area contributed by atoms with Crippen LogP contribution in [0, 0.1) is 11.8 Å². The summed E-state index contributed by atoms with van der Waals surface area (Å²) in [6.45, 7) is 0. The van der Waals surface area contributed by atoms with Gasteiger partial charge in [0.2, 0.25) is 0 Å². The van der Waals surface area contributed by atoms with Crippen LogP contribution in [0.3, 0.4) is 0 Å². The maximum atomic E-state index is 12.2. The van der Waals surface area contributed by atoms with Gasteiger partial charge in [-0.3, -0.25) is 9.59 Å². The summed E-state index contributed by atoms with van der Waals surface area (Å²) < 4.78 is 0. The second kappa shape index (κ2) is 6.20. The Morgan fingerprint density at radius 2 is 1.89 bits per heavy atom. The lowest BCUT2D eigenvalue weighted by Crippen LogP contribution is -2.28. The molecular formula is C15H17ClO3. The number of halogens is 1. The minimum absolute atomic E-state index is 0.0521. The Morgan fingerprint density at radius 1 is 1.21 bits per heavy atom. The second-order valence-electron chi connectivity index (χ2n) is 5.10. The first-order chi connectivity index (χ1) is 9.09. The third kappa shape index (κ3) is 3.35. The normalized spacial score (nSPS) is 23.0. The molecule has 1 aliphatic rings. The summed E-state index contributed by atoms with van der Waals surface area (Å²) >= 11 is 6.00. The van der Waals surface area contributed by atoms with Crippen molar-refractivity contribution in [3.05, 3.63) is 34.9 Å². The number of rotatable bonds is 4. The molecule has 1 aliphatic carbocycles. The predicted molar refractivity (Wildman–Crippen MR) is 73.5 cm³/mol. The molecule has 0 aliphatic heterocycles. The van der Waals surface area contributed by atoms with Gasteiger partial charge in [0.05, 0.1) is 10.9 Å². The van der Waals surface area contributed by atoms with E-state index in [1.807, 2.05) is 0 Å². The van der Waals surface area contributed by atoms with E-state index >= 15 is 0 Å². The van der Waals surface area contributed by atoms with E-state index < -0.39 is 5.97 Å². The number of hydrogen-bond donors (Lipinski definition) is 1. The highest BCUT2D eigenvalue weighted by atomic mass is 35.5. The minimum atomic E-state index is -0.781. The molecule has 4 heteroatoms. The van der Waals surface area contributed by atoms with E-state index in [2.05, 4.69) is 0 Å². The number of benzene rings is 1. The van der Waals surface area contributed by atoms with Gasteiger partial charge in [0.25, 0.3) is 0 Å². The molecule has 0 aromatic heterocycles. The van der Waals surface area contributed by atoms with Crippen LogP contribution in [0.25, 0.3) is 0 Å². The zero-order valence-electron chi connectivity index (χ0n) is 10.6. The van der Waals surface area contributed by atoms with Crippen LogP contribution in [0.4, 0.5) is 0 Å². The zero-order valence-corrected chi connectivity index (χ0v) is 11.4. The van der Waals surface area contributed by atoms with Crippen LogP contribution in [0.1, 0.15) is 42.5 Å². The minimum Gasteiger partial charge on any atom is -0.481 e. The molecule has 1 fully saturated rings. The van der Waals surface area contributed by atoms with Crippen LogP contribution in [0.2, 0.25) is 5.02 Å². The van der Waals surface area contributed by atoms with Gasteiger partial charge in [0.1, 0.15) is 0 Å². The molecular weight excluding hydrogens is 264 g/mol. The van der Waals surface area contributed by atoms with E-state index in [0.29, 0.717) is 17.0 Å². The van der Waals surface area contributed by atoms with Gasteiger partial charge in [-0.15, -0.1) is 0 Å². The molecule has 0 spiro atoms. The van der Waals surface area contributed by atoms with E-state index in [9.17, 15) is 14.7 Å². The van der Waals surface area contributed by atoms with E-state index in [0.717, 1.165) is 19.3 Å². The van der Waals surface area contributed by atoms with Gasteiger partial charge < -0.3 is 5.11 Å². The Morgan fingerprint density at radius 3 is 2.58 bits per heavy atom. The van der Waals surface area contributed by atoms with Gasteiger partial charge in [-0.25, -0.2) is 0 Å². The lowest BCUT2D eigenvalue weighted by atomic mass is 9.76. The fourth-order valence-electron chi connectivity index (χ4n) is 2.81. The number of carboxylic acids is 1. The topological polar surface area (TPSA) is 54.4 Å². The highest BCUT2D eigenvalue weighted by molar-refractivity contribution is 6.33. The third-order valence-electron chi connectivity index (χ3n) is 3.85. The van der Waals surface area contributed by atoms with E-state index in [1.165, 1.54) is 0 Å². The Hall–Kier alpha value is -1.35. The van der Waals surface area contributed by atoms with Crippen LogP contribution < -0.4 is 0 Å². The van der Waals surface area contributed by atoms with Crippen molar-refractivity contribution in [2.24, 2.45) is 11.8 Å². The molecule has 1 saturated carbocycles. The average Bonchev–Trinajstić information content (AvgIpc) is 2.39. The Bertz CT molecular complexity index is 484. The van der Waals surface area contributed by atoms with Crippen molar-refractivity contribution in [3.8, 4) is 0 Å². The molecule has 0 amide bonds. The second-order valence-corrected chi connectivity index (χ2v) is 5.50. The smallest absolute Gasteiger partial charge is 0.306 e. The number of carbonyl (C=O) groups is 2. The van der Waals surface area contributed by atoms with Crippen molar-refractivity contribution in [2.75, 3.05) is 0 Å². The quantitative estimate of drug-likeness (QED) is 0.854. The van der Waals surface area contributed by atoms with Crippen LogP contribution in [0.15, 0.2) is 24.3 Å². The highest BCUT2D eigenvalue weighted by Crippen LogP contribution is 2.34. The van der Waals surface area contributed by atoms with Gasteiger partial charge in [-0.2, -0.15) is 0 Å². The van der Waals surface area contributed by atoms with Crippen molar-refractivity contribution in [2.45, 2.75) is 32.1 Å². The van der Waals surface area contributed by atoms with Crippen LogP contribution in [-0.2, 0) is 4.79 Å². The number of hydrogen-bond acceptors (Lipinski definition) is 2. The van der Waals surface area contributed by atoms with Crippen molar-refractivity contribution in [1.82, 2.24) is 0 Å². The monoisotopic (exact) mass is 280 g/mol. The standard InChI is InChI=1S/C15H17ClO3/c16-13-8-4-3-7-12(13)14(17)9-10-5-1-2-6-11(10)15(18)19/h3-4,7-8,10-11H,1-2,5-6,9H2,(H,18,19). The Balaban J connectivity index is 2.09. The average molecular weight is 281 g/mol. The van der Waals surface area contributed by atoms with Crippen molar-refractivity contribution in [1.29, 1.82) is 0 Å². The molecule has 0 bridgehead atoms. The molecule has 102 valence electrons. The Labute approximate surface area is 117 Å². The molecule has 3 nitrogen and oxygen atoms in total. The molecule has 0 radical (unpaired) electrons. The highest BCUT2D eigenvalue weighted by Gasteiger charge is 2.32. The molecule has 1 aromatic rings. The third-order valence-corrected chi connectivity index (χ3v) is 4.18. The maximum Gasteiger partial charge on any atom is 0.306 e. The molecule has 0 heterocycles. The number of Topliss-reactive ketones (excluding diaryl/α,β-unsaturated/α-hetero) is 1.